The summed E-state index contributed by atoms with van der Waals surface area (Å²) in [5.74, 6) is 0.230. The minimum absolute atomic E-state index is 0.138. The predicted octanol–water partition coefficient (Wildman–Crippen LogP) is 2.08. The van der Waals surface area contributed by atoms with Crippen molar-refractivity contribution in [2.75, 3.05) is 19.5 Å². The van der Waals surface area contributed by atoms with Gasteiger partial charge in [-0.05, 0) is 45.0 Å². The molecule has 1 unspecified atom stereocenters. The Morgan fingerprint density at radius 3 is 2.58 bits per heavy atom. The number of urea groups is 1. The molecule has 0 saturated heterocycles. The molecule has 0 aliphatic rings. The fourth-order valence-corrected chi connectivity index (χ4v) is 2.64. The SMILES string of the molecule is CNC(=O)c1ccc(OC)c(NC(=O)NC(C)Cn2nc(C)cc2C)c1. The number of aryl methyl sites for hydroxylation is 2. The molecule has 0 spiro atoms. The third kappa shape index (κ3) is 4.75. The van der Waals surface area contributed by atoms with Gasteiger partial charge in [-0.25, -0.2) is 4.79 Å². The van der Waals surface area contributed by atoms with Crippen molar-refractivity contribution >= 4 is 17.6 Å². The molecule has 8 heteroatoms. The summed E-state index contributed by atoms with van der Waals surface area (Å²) in [6, 6.07) is 6.31. The van der Waals surface area contributed by atoms with Crippen LogP contribution >= 0.6 is 0 Å². The third-order valence-corrected chi connectivity index (χ3v) is 3.86. The van der Waals surface area contributed by atoms with Crippen molar-refractivity contribution < 1.29 is 14.3 Å². The average molecular weight is 359 g/mol. The van der Waals surface area contributed by atoms with E-state index in [0.29, 0.717) is 23.5 Å². The first-order valence-electron chi connectivity index (χ1n) is 8.32. The Balaban J connectivity index is 2.04. The van der Waals surface area contributed by atoms with Gasteiger partial charge in [0, 0.05) is 24.3 Å². The quantitative estimate of drug-likeness (QED) is 0.735. The van der Waals surface area contributed by atoms with Gasteiger partial charge in [0.25, 0.3) is 5.91 Å². The molecule has 8 nitrogen and oxygen atoms in total. The number of ether oxygens (including phenoxy) is 1. The number of hydrogen-bond acceptors (Lipinski definition) is 4. The molecule has 26 heavy (non-hydrogen) atoms. The highest BCUT2D eigenvalue weighted by Gasteiger charge is 2.14. The monoisotopic (exact) mass is 359 g/mol. The highest BCUT2D eigenvalue weighted by Crippen LogP contribution is 2.25. The molecule has 0 aliphatic carbocycles. The van der Waals surface area contributed by atoms with Crippen molar-refractivity contribution in [3.05, 3.63) is 41.2 Å². The van der Waals surface area contributed by atoms with E-state index in [1.54, 1.807) is 25.2 Å². The Morgan fingerprint density at radius 2 is 2.00 bits per heavy atom. The van der Waals surface area contributed by atoms with Crippen molar-refractivity contribution in [1.29, 1.82) is 0 Å². The summed E-state index contributed by atoms with van der Waals surface area (Å²) in [7, 11) is 3.05. The number of hydrogen-bond donors (Lipinski definition) is 3. The van der Waals surface area contributed by atoms with Crippen LogP contribution < -0.4 is 20.7 Å². The smallest absolute Gasteiger partial charge is 0.319 e. The standard InChI is InChI=1S/C18H25N5O3/c1-11-8-13(3)23(22-11)10-12(2)20-18(25)21-15-9-14(17(24)19-4)6-7-16(15)26-5/h6-9,12H,10H2,1-5H3,(H,19,24)(H2,20,21,25). The van der Waals surface area contributed by atoms with Crippen molar-refractivity contribution in [2.24, 2.45) is 0 Å². The number of rotatable bonds is 6. The molecule has 0 radical (unpaired) electrons. The lowest BCUT2D eigenvalue weighted by molar-refractivity contribution is 0.0963. The van der Waals surface area contributed by atoms with E-state index in [4.69, 9.17) is 4.74 Å². The largest absolute Gasteiger partial charge is 0.495 e. The molecule has 140 valence electrons. The summed E-state index contributed by atoms with van der Waals surface area (Å²) in [4.78, 5) is 24.1. The number of nitrogens with zero attached hydrogens (tertiary/aromatic N) is 2. The van der Waals surface area contributed by atoms with Crippen LogP contribution in [-0.2, 0) is 6.54 Å². The number of nitrogens with one attached hydrogen (secondary N) is 3. The van der Waals surface area contributed by atoms with Crippen LogP contribution in [0.15, 0.2) is 24.3 Å². The number of aromatic nitrogens is 2. The molecule has 1 aromatic heterocycles. The second-order valence-corrected chi connectivity index (χ2v) is 6.10. The normalized spacial score (nSPS) is 11.6. The van der Waals surface area contributed by atoms with E-state index >= 15 is 0 Å². The zero-order chi connectivity index (χ0) is 19.3. The van der Waals surface area contributed by atoms with Crippen molar-refractivity contribution in [1.82, 2.24) is 20.4 Å². The van der Waals surface area contributed by atoms with Gasteiger partial charge >= 0.3 is 6.03 Å². The molecule has 2 rings (SSSR count). The Labute approximate surface area is 152 Å². The van der Waals surface area contributed by atoms with E-state index in [1.165, 1.54) is 7.11 Å². The highest BCUT2D eigenvalue weighted by atomic mass is 16.5. The average Bonchev–Trinajstić information content (AvgIpc) is 2.90. The minimum Gasteiger partial charge on any atom is -0.495 e. The lowest BCUT2D eigenvalue weighted by atomic mass is 10.1. The van der Waals surface area contributed by atoms with Crippen LogP contribution in [0.4, 0.5) is 10.5 Å². The molecule has 3 N–H and O–H groups in total. The Bertz CT molecular complexity index is 800. The van der Waals surface area contributed by atoms with Crippen LogP contribution in [0, 0.1) is 13.8 Å². The summed E-state index contributed by atoms with van der Waals surface area (Å²) in [5, 5.41) is 12.5. The van der Waals surface area contributed by atoms with Crippen LogP contribution in [-0.4, -0.2) is 41.9 Å². The third-order valence-electron chi connectivity index (χ3n) is 3.86. The van der Waals surface area contributed by atoms with Gasteiger partial charge in [0.2, 0.25) is 0 Å². The van der Waals surface area contributed by atoms with Gasteiger partial charge in [0.05, 0.1) is 25.0 Å². The van der Waals surface area contributed by atoms with Crippen LogP contribution in [0.2, 0.25) is 0 Å². The predicted molar refractivity (Wildman–Crippen MR) is 99.7 cm³/mol. The number of methoxy groups -OCH3 is 1. The van der Waals surface area contributed by atoms with E-state index in [0.717, 1.165) is 11.4 Å². The number of carbonyl (C=O) groups is 2. The maximum absolute atomic E-state index is 12.3. The molecule has 0 bridgehead atoms. The number of benzene rings is 1. The van der Waals surface area contributed by atoms with Crippen molar-refractivity contribution in [3.63, 3.8) is 0 Å². The van der Waals surface area contributed by atoms with Gasteiger partial charge in [-0.15, -0.1) is 0 Å². The summed E-state index contributed by atoms with van der Waals surface area (Å²) in [6.45, 7) is 6.36. The number of carbonyl (C=O) groups excluding carboxylic acids is 2. The molecule has 1 heterocycles. The second kappa shape index (κ2) is 8.37. The van der Waals surface area contributed by atoms with Crippen LogP contribution in [0.5, 0.6) is 5.75 Å². The summed E-state index contributed by atoms with van der Waals surface area (Å²) >= 11 is 0. The molecule has 1 aromatic carbocycles. The van der Waals surface area contributed by atoms with Crippen LogP contribution in [0.1, 0.15) is 28.7 Å². The molecule has 2 aromatic rings. The molecule has 0 fully saturated rings. The van der Waals surface area contributed by atoms with Gasteiger partial charge in [-0.1, -0.05) is 0 Å². The van der Waals surface area contributed by atoms with Crippen molar-refractivity contribution in [2.45, 2.75) is 33.4 Å². The fourth-order valence-electron chi connectivity index (χ4n) is 2.64. The molecule has 0 saturated carbocycles. The minimum atomic E-state index is -0.383. The first-order chi connectivity index (χ1) is 12.3. The van der Waals surface area contributed by atoms with Gasteiger partial charge in [-0.3, -0.25) is 9.48 Å². The fraction of sp³-hybridized carbons (Fsp3) is 0.389. The molecule has 3 amide bonds. The molecule has 0 aliphatic heterocycles. The second-order valence-electron chi connectivity index (χ2n) is 6.10. The van der Waals surface area contributed by atoms with Crippen LogP contribution in [0.3, 0.4) is 0 Å². The molecular formula is C18H25N5O3. The van der Waals surface area contributed by atoms with Crippen molar-refractivity contribution in [3.8, 4) is 5.75 Å². The van der Waals surface area contributed by atoms with Gasteiger partial charge < -0.3 is 20.7 Å². The topological polar surface area (TPSA) is 97.3 Å². The van der Waals surface area contributed by atoms with Gasteiger partial charge in [0.1, 0.15) is 5.75 Å². The Morgan fingerprint density at radius 1 is 1.27 bits per heavy atom. The zero-order valence-electron chi connectivity index (χ0n) is 15.7. The number of amides is 3. The van der Waals surface area contributed by atoms with Gasteiger partial charge in [-0.2, -0.15) is 5.10 Å². The zero-order valence-corrected chi connectivity index (χ0v) is 15.7. The lowest BCUT2D eigenvalue weighted by Gasteiger charge is -2.17. The maximum Gasteiger partial charge on any atom is 0.319 e. The molecule has 1 atom stereocenters. The Kier molecular flexibility index (Phi) is 6.21. The molecular weight excluding hydrogens is 334 g/mol. The highest BCUT2D eigenvalue weighted by molar-refractivity contribution is 5.97. The lowest BCUT2D eigenvalue weighted by Crippen LogP contribution is -2.39. The van der Waals surface area contributed by atoms with E-state index in [9.17, 15) is 9.59 Å². The van der Waals surface area contributed by atoms with E-state index in [2.05, 4.69) is 21.0 Å². The van der Waals surface area contributed by atoms with Gasteiger partial charge in [0.15, 0.2) is 0 Å². The first kappa shape index (κ1) is 19.3. The van der Waals surface area contributed by atoms with E-state index in [-0.39, 0.29) is 18.0 Å². The Hall–Kier alpha value is -3.03. The first-order valence-corrected chi connectivity index (χ1v) is 8.32. The van der Waals surface area contributed by atoms with E-state index < -0.39 is 0 Å². The summed E-state index contributed by atoms with van der Waals surface area (Å²) in [5.41, 5.74) is 2.83. The van der Waals surface area contributed by atoms with E-state index in [1.807, 2.05) is 31.5 Å². The summed E-state index contributed by atoms with van der Waals surface area (Å²) in [6.07, 6.45) is 0. The number of anilines is 1. The summed E-state index contributed by atoms with van der Waals surface area (Å²) < 4.78 is 7.10. The maximum atomic E-state index is 12.3. The van der Waals surface area contributed by atoms with Crippen LogP contribution in [0.25, 0.3) is 0 Å².